The minimum atomic E-state index is -0.669. The van der Waals surface area contributed by atoms with Crippen LogP contribution in [0.25, 0.3) is 5.57 Å². The van der Waals surface area contributed by atoms with Crippen LogP contribution in [0.2, 0.25) is 0 Å². The molecule has 0 amide bonds. The zero-order valence-electron chi connectivity index (χ0n) is 19.8. The predicted octanol–water partition coefficient (Wildman–Crippen LogP) is 9.43. The van der Waals surface area contributed by atoms with Gasteiger partial charge in [0.05, 0.1) is 0 Å². The van der Waals surface area contributed by atoms with Crippen LogP contribution in [0, 0.1) is 29.4 Å². The van der Waals surface area contributed by atoms with Gasteiger partial charge in [0, 0.05) is 5.56 Å². The van der Waals surface area contributed by atoms with Gasteiger partial charge in [-0.3, -0.25) is 0 Å². The van der Waals surface area contributed by atoms with Crippen molar-refractivity contribution in [2.45, 2.75) is 104 Å². The van der Waals surface area contributed by atoms with Crippen LogP contribution in [0.3, 0.4) is 0 Å². The average Bonchev–Trinajstić information content (AvgIpc) is 2.80. The van der Waals surface area contributed by atoms with Crippen LogP contribution in [0.15, 0.2) is 30.4 Å². The highest BCUT2D eigenvalue weighted by atomic mass is 19.2. The Labute approximate surface area is 189 Å². The van der Waals surface area contributed by atoms with E-state index in [1.807, 2.05) is 6.08 Å². The molecule has 1 unspecified atom stereocenters. The maximum absolute atomic E-state index is 14.8. The van der Waals surface area contributed by atoms with Gasteiger partial charge in [-0.1, -0.05) is 102 Å². The second-order valence-electron chi connectivity index (χ2n) is 9.91. The number of rotatable bonds is 11. The summed E-state index contributed by atoms with van der Waals surface area (Å²) < 4.78 is 29.5. The molecule has 2 heteroatoms. The van der Waals surface area contributed by atoms with Crippen molar-refractivity contribution in [2.75, 3.05) is 0 Å². The molecule has 1 atom stereocenters. The molecule has 172 valence electrons. The summed E-state index contributed by atoms with van der Waals surface area (Å²) in [6.45, 7) is 4.49. The molecule has 0 heterocycles. The molecule has 3 rings (SSSR count). The third-order valence-corrected chi connectivity index (χ3v) is 7.60. The Bertz CT molecular complexity index is 737. The molecule has 31 heavy (non-hydrogen) atoms. The van der Waals surface area contributed by atoms with Gasteiger partial charge in [0.15, 0.2) is 11.6 Å². The first-order valence-corrected chi connectivity index (χ1v) is 13.0. The molecule has 0 aliphatic heterocycles. The smallest absolute Gasteiger partial charge is 0.166 e. The lowest BCUT2D eigenvalue weighted by atomic mass is 9.72. The number of hydrogen-bond donors (Lipinski definition) is 0. The molecule has 0 spiro atoms. The minimum Gasteiger partial charge on any atom is -0.203 e. The summed E-state index contributed by atoms with van der Waals surface area (Å²) in [5.41, 5.74) is 1.79. The first kappa shape index (κ1) is 24.2. The molecule has 1 aromatic carbocycles. The molecule has 1 aromatic rings. The first-order valence-electron chi connectivity index (χ1n) is 13.0. The lowest BCUT2D eigenvalue weighted by Crippen LogP contribution is -2.21. The third kappa shape index (κ3) is 6.77. The molecule has 0 saturated heterocycles. The summed E-state index contributed by atoms with van der Waals surface area (Å²) in [5, 5.41) is 0. The molecular formula is C29H42F2. The van der Waals surface area contributed by atoms with Crippen molar-refractivity contribution in [3.8, 4) is 0 Å². The first-order chi connectivity index (χ1) is 15.1. The van der Waals surface area contributed by atoms with Crippen molar-refractivity contribution in [1.82, 2.24) is 0 Å². The Morgan fingerprint density at radius 3 is 2.26 bits per heavy atom. The quantitative estimate of drug-likeness (QED) is 0.308. The van der Waals surface area contributed by atoms with E-state index in [0.717, 1.165) is 36.7 Å². The highest BCUT2D eigenvalue weighted by molar-refractivity contribution is 5.75. The van der Waals surface area contributed by atoms with Gasteiger partial charge in [-0.15, -0.1) is 0 Å². The van der Waals surface area contributed by atoms with Crippen molar-refractivity contribution in [2.24, 2.45) is 17.8 Å². The van der Waals surface area contributed by atoms with Crippen molar-refractivity contribution >= 4 is 5.57 Å². The van der Waals surface area contributed by atoms with Crippen LogP contribution in [0.5, 0.6) is 0 Å². The van der Waals surface area contributed by atoms with E-state index in [2.05, 4.69) is 26.0 Å². The number of benzene rings is 1. The fourth-order valence-corrected chi connectivity index (χ4v) is 5.60. The van der Waals surface area contributed by atoms with Crippen LogP contribution < -0.4 is 0 Å². The molecule has 2 aliphatic carbocycles. The van der Waals surface area contributed by atoms with Crippen LogP contribution in [0.1, 0.15) is 108 Å². The van der Waals surface area contributed by atoms with Gasteiger partial charge in [0.2, 0.25) is 0 Å². The fraction of sp³-hybridized carbons (Fsp3) is 0.655. The Morgan fingerprint density at radius 1 is 0.839 bits per heavy atom. The van der Waals surface area contributed by atoms with Crippen LogP contribution in [0.4, 0.5) is 8.78 Å². The Balaban J connectivity index is 1.53. The van der Waals surface area contributed by atoms with Gasteiger partial charge in [-0.05, 0) is 61.0 Å². The SMILES string of the molecule is CCCCCCCCc1ccc(C2=CCC([C@H]3CC[C@H](CCC)CC3)C=C2)c(F)c1F. The number of unbranched alkanes of at least 4 members (excludes halogenated alkanes) is 5. The maximum Gasteiger partial charge on any atom is 0.166 e. The van der Waals surface area contributed by atoms with Crippen molar-refractivity contribution < 1.29 is 8.78 Å². The van der Waals surface area contributed by atoms with Crippen LogP contribution in [-0.2, 0) is 6.42 Å². The normalized spacial score (nSPS) is 23.7. The monoisotopic (exact) mass is 428 g/mol. The standard InChI is InChI=1S/C29H42F2/c1-3-5-6-7-8-9-11-26-20-21-27(29(31)28(26)30)25-18-16-24(17-19-25)23-14-12-22(10-4-2)13-15-23/h16,18-24H,3-15,17H2,1-2H3/t22-,23-,24?. The number of allylic oxidation sites excluding steroid dienone is 4. The third-order valence-electron chi connectivity index (χ3n) is 7.60. The van der Waals surface area contributed by atoms with E-state index in [0.29, 0.717) is 23.5 Å². The average molecular weight is 429 g/mol. The van der Waals surface area contributed by atoms with Crippen molar-refractivity contribution in [3.63, 3.8) is 0 Å². The van der Waals surface area contributed by atoms with Gasteiger partial charge in [-0.2, -0.15) is 0 Å². The van der Waals surface area contributed by atoms with Gasteiger partial charge >= 0.3 is 0 Å². The lowest BCUT2D eigenvalue weighted by Gasteiger charge is -2.33. The second-order valence-corrected chi connectivity index (χ2v) is 9.91. The highest BCUT2D eigenvalue weighted by Crippen LogP contribution is 2.39. The lowest BCUT2D eigenvalue weighted by molar-refractivity contribution is 0.221. The van der Waals surface area contributed by atoms with E-state index < -0.39 is 11.6 Å². The topological polar surface area (TPSA) is 0 Å². The van der Waals surface area contributed by atoms with E-state index in [1.54, 1.807) is 12.1 Å². The Kier molecular flexibility index (Phi) is 9.81. The zero-order chi connectivity index (χ0) is 22.1. The zero-order valence-corrected chi connectivity index (χ0v) is 19.8. The van der Waals surface area contributed by atoms with Crippen LogP contribution >= 0.6 is 0 Å². The molecule has 0 nitrogen and oxygen atoms in total. The maximum atomic E-state index is 14.8. The minimum absolute atomic E-state index is 0.422. The molecule has 0 N–H and O–H groups in total. The summed E-state index contributed by atoms with van der Waals surface area (Å²) in [6.07, 6.45) is 23.0. The van der Waals surface area contributed by atoms with Gasteiger partial charge in [-0.25, -0.2) is 8.78 Å². The Hall–Kier alpha value is -1.44. The molecule has 0 radical (unpaired) electrons. The van der Waals surface area contributed by atoms with Gasteiger partial charge in [0.25, 0.3) is 0 Å². The molecular weight excluding hydrogens is 386 g/mol. The molecule has 1 saturated carbocycles. The van der Waals surface area contributed by atoms with E-state index in [4.69, 9.17) is 0 Å². The molecule has 0 aromatic heterocycles. The summed E-state index contributed by atoms with van der Waals surface area (Å²) in [7, 11) is 0. The number of hydrogen-bond acceptors (Lipinski definition) is 0. The van der Waals surface area contributed by atoms with E-state index >= 15 is 0 Å². The summed E-state index contributed by atoms with van der Waals surface area (Å²) in [5.74, 6) is 0.927. The predicted molar refractivity (Wildman–Crippen MR) is 129 cm³/mol. The number of aryl methyl sites for hydroxylation is 1. The molecule has 0 bridgehead atoms. The second kappa shape index (κ2) is 12.6. The van der Waals surface area contributed by atoms with E-state index in [9.17, 15) is 8.78 Å². The van der Waals surface area contributed by atoms with Crippen molar-refractivity contribution in [1.29, 1.82) is 0 Å². The highest BCUT2D eigenvalue weighted by Gasteiger charge is 2.27. The summed E-state index contributed by atoms with van der Waals surface area (Å²) >= 11 is 0. The fourth-order valence-electron chi connectivity index (χ4n) is 5.60. The van der Waals surface area contributed by atoms with Crippen LogP contribution in [-0.4, -0.2) is 0 Å². The van der Waals surface area contributed by atoms with Gasteiger partial charge < -0.3 is 0 Å². The Morgan fingerprint density at radius 2 is 1.58 bits per heavy atom. The van der Waals surface area contributed by atoms with E-state index in [1.165, 1.54) is 64.2 Å². The largest absolute Gasteiger partial charge is 0.203 e. The summed E-state index contributed by atoms with van der Waals surface area (Å²) in [6, 6.07) is 3.59. The van der Waals surface area contributed by atoms with Gasteiger partial charge in [0.1, 0.15) is 0 Å². The molecule has 1 fully saturated rings. The number of halogens is 2. The molecule has 2 aliphatic rings. The summed E-state index contributed by atoms with van der Waals surface area (Å²) in [4.78, 5) is 0. The van der Waals surface area contributed by atoms with E-state index in [-0.39, 0.29) is 0 Å². The van der Waals surface area contributed by atoms with Crippen molar-refractivity contribution in [3.05, 3.63) is 53.1 Å².